The highest BCUT2D eigenvalue weighted by Gasteiger charge is 2.36. The first-order chi connectivity index (χ1) is 12.0. The SMILES string of the molecule is Cc1noc(C)c1CCC(=O)N1CCOC[C@@](O)(CN2CCCC2)C1. The molecular formula is C18H29N3O4. The molecule has 0 radical (unpaired) electrons. The number of rotatable bonds is 5. The average molecular weight is 351 g/mol. The molecule has 1 aromatic heterocycles. The summed E-state index contributed by atoms with van der Waals surface area (Å²) in [6.45, 7) is 7.99. The van der Waals surface area contributed by atoms with Crippen LogP contribution in [0.5, 0.6) is 0 Å². The second-order valence-corrected chi connectivity index (χ2v) is 7.38. The lowest BCUT2D eigenvalue weighted by atomic mass is 10.0. The molecule has 1 atom stereocenters. The smallest absolute Gasteiger partial charge is 0.223 e. The van der Waals surface area contributed by atoms with Gasteiger partial charge in [-0.05, 0) is 46.2 Å². The monoisotopic (exact) mass is 351 g/mol. The third kappa shape index (κ3) is 4.59. The van der Waals surface area contributed by atoms with Crippen molar-refractivity contribution in [2.75, 3.05) is 45.9 Å². The minimum Gasteiger partial charge on any atom is -0.384 e. The first kappa shape index (κ1) is 18.4. The van der Waals surface area contributed by atoms with Crippen LogP contribution in [0.25, 0.3) is 0 Å². The molecule has 7 nitrogen and oxygen atoms in total. The summed E-state index contributed by atoms with van der Waals surface area (Å²) in [5.74, 6) is 0.820. The third-order valence-electron chi connectivity index (χ3n) is 5.20. The van der Waals surface area contributed by atoms with Gasteiger partial charge in [0.2, 0.25) is 5.91 Å². The fraction of sp³-hybridized carbons (Fsp3) is 0.778. The number of aryl methyl sites for hydroxylation is 2. The largest absolute Gasteiger partial charge is 0.384 e. The van der Waals surface area contributed by atoms with Crippen LogP contribution in [0.4, 0.5) is 0 Å². The van der Waals surface area contributed by atoms with Crippen molar-refractivity contribution in [1.29, 1.82) is 0 Å². The molecule has 0 spiro atoms. The Bertz CT molecular complexity index is 578. The number of likely N-dealkylation sites (tertiary alicyclic amines) is 1. The zero-order valence-corrected chi connectivity index (χ0v) is 15.3. The topological polar surface area (TPSA) is 79.0 Å². The molecule has 140 valence electrons. The van der Waals surface area contributed by atoms with Crippen LogP contribution in [0, 0.1) is 13.8 Å². The molecule has 3 heterocycles. The number of ether oxygens (including phenoxy) is 1. The second-order valence-electron chi connectivity index (χ2n) is 7.38. The number of hydrogen-bond donors (Lipinski definition) is 1. The van der Waals surface area contributed by atoms with E-state index in [1.54, 1.807) is 4.90 Å². The molecule has 2 aliphatic heterocycles. The van der Waals surface area contributed by atoms with Crippen molar-refractivity contribution in [3.05, 3.63) is 17.0 Å². The Balaban J connectivity index is 1.58. The van der Waals surface area contributed by atoms with E-state index in [2.05, 4.69) is 10.1 Å². The minimum absolute atomic E-state index is 0.0466. The molecule has 1 amide bonds. The molecule has 1 N–H and O–H groups in total. The van der Waals surface area contributed by atoms with E-state index >= 15 is 0 Å². The van der Waals surface area contributed by atoms with Gasteiger partial charge in [-0.3, -0.25) is 4.79 Å². The maximum Gasteiger partial charge on any atom is 0.223 e. The Kier molecular flexibility index (Phi) is 5.76. The fourth-order valence-corrected chi connectivity index (χ4v) is 3.83. The highest BCUT2D eigenvalue weighted by atomic mass is 16.5. The molecule has 7 heteroatoms. The second kappa shape index (κ2) is 7.85. The Labute approximate surface area is 148 Å². The maximum absolute atomic E-state index is 12.7. The Hall–Kier alpha value is -1.44. The van der Waals surface area contributed by atoms with E-state index in [0.29, 0.717) is 39.1 Å². The molecule has 0 bridgehead atoms. The van der Waals surface area contributed by atoms with Gasteiger partial charge in [0.05, 0.1) is 25.5 Å². The van der Waals surface area contributed by atoms with Crippen molar-refractivity contribution < 1.29 is 19.2 Å². The van der Waals surface area contributed by atoms with Crippen molar-refractivity contribution in [2.45, 2.75) is 45.1 Å². The number of β-amino-alcohol motifs (C(OH)–C–C–N with tert-alkyl or cyclic N) is 1. The van der Waals surface area contributed by atoms with E-state index in [0.717, 1.165) is 30.1 Å². The van der Waals surface area contributed by atoms with Crippen molar-refractivity contribution in [3.63, 3.8) is 0 Å². The van der Waals surface area contributed by atoms with Crippen LogP contribution >= 0.6 is 0 Å². The molecule has 1 aromatic rings. The normalized spacial score (nSPS) is 25.3. The van der Waals surface area contributed by atoms with Crippen LogP contribution in [0.15, 0.2) is 4.52 Å². The standard InChI is InChI=1S/C18H29N3O4/c1-14-16(15(2)25-19-14)5-6-17(22)21-9-10-24-13-18(23,12-21)11-20-7-3-4-8-20/h23H,3-13H2,1-2H3/t18-/m1/s1. The predicted molar refractivity (Wildman–Crippen MR) is 92.3 cm³/mol. The van der Waals surface area contributed by atoms with Gasteiger partial charge in [0.25, 0.3) is 0 Å². The number of amides is 1. The summed E-state index contributed by atoms with van der Waals surface area (Å²) in [5, 5.41) is 14.9. The minimum atomic E-state index is -0.987. The quantitative estimate of drug-likeness (QED) is 0.849. The van der Waals surface area contributed by atoms with Gasteiger partial charge in [0.1, 0.15) is 11.4 Å². The number of nitrogens with zero attached hydrogens (tertiary/aromatic N) is 3. The summed E-state index contributed by atoms with van der Waals surface area (Å²) in [6.07, 6.45) is 3.36. The number of carbonyl (C=O) groups excluding carboxylic acids is 1. The van der Waals surface area contributed by atoms with Gasteiger partial charge in [0, 0.05) is 25.1 Å². The lowest BCUT2D eigenvalue weighted by Crippen LogP contribution is -2.53. The first-order valence-electron chi connectivity index (χ1n) is 9.19. The fourth-order valence-electron chi connectivity index (χ4n) is 3.83. The summed E-state index contributed by atoms with van der Waals surface area (Å²) in [7, 11) is 0. The van der Waals surface area contributed by atoms with Crippen LogP contribution < -0.4 is 0 Å². The highest BCUT2D eigenvalue weighted by molar-refractivity contribution is 5.76. The van der Waals surface area contributed by atoms with Crippen molar-refractivity contribution >= 4 is 5.91 Å². The van der Waals surface area contributed by atoms with E-state index < -0.39 is 5.60 Å². The van der Waals surface area contributed by atoms with Crippen molar-refractivity contribution in [3.8, 4) is 0 Å². The van der Waals surface area contributed by atoms with Gasteiger partial charge in [-0.1, -0.05) is 5.16 Å². The summed E-state index contributed by atoms with van der Waals surface area (Å²) >= 11 is 0. The van der Waals surface area contributed by atoms with Gasteiger partial charge in [-0.15, -0.1) is 0 Å². The van der Waals surface area contributed by atoms with Crippen molar-refractivity contribution in [2.24, 2.45) is 0 Å². The number of hydrogen-bond acceptors (Lipinski definition) is 6. The van der Waals surface area contributed by atoms with Crippen LogP contribution in [-0.4, -0.2) is 77.5 Å². The Morgan fingerprint density at radius 2 is 2.04 bits per heavy atom. The number of aromatic nitrogens is 1. The van der Waals surface area contributed by atoms with Crippen LogP contribution in [-0.2, 0) is 16.0 Å². The molecule has 2 aliphatic rings. The molecule has 0 unspecified atom stereocenters. The van der Waals surface area contributed by atoms with Crippen LogP contribution in [0.2, 0.25) is 0 Å². The molecule has 2 saturated heterocycles. The van der Waals surface area contributed by atoms with Crippen LogP contribution in [0.3, 0.4) is 0 Å². The van der Waals surface area contributed by atoms with E-state index in [9.17, 15) is 9.90 Å². The molecule has 25 heavy (non-hydrogen) atoms. The van der Waals surface area contributed by atoms with E-state index in [-0.39, 0.29) is 12.5 Å². The summed E-state index contributed by atoms with van der Waals surface area (Å²) in [5.41, 5.74) is 0.862. The molecule has 2 fully saturated rings. The van der Waals surface area contributed by atoms with Gasteiger partial charge < -0.3 is 24.2 Å². The number of aliphatic hydroxyl groups is 1. The third-order valence-corrected chi connectivity index (χ3v) is 5.20. The molecule has 3 rings (SSSR count). The van der Waals surface area contributed by atoms with E-state index in [4.69, 9.17) is 9.26 Å². The molecule has 0 saturated carbocycles. The van der Waals surface area contributed by atoms with Gasteiger partial charge in [-0.25, -0.2) is 0 Å². The highest BCUT2D eigenvalue weighted by Crippen LogP contribution is 2.20. The first-order valence-corrected chi connectivity index (χ1v) is 9.19. The van der Waals surface area contributed by atoms with E-state index in [1.165, 1.54) is 12.8 Å². The van der Waals surface area contributed by atoms with Crippen LogP contribution in [0.1, 0.15) is 36.3 Å². The van der Waals surface area contributed by atoms with Gasteiger partial charge in [0.15, 0.2) is 0 Å². The zero-order valence-electron chi connectivity index (χ0n) is 15.3. The number of carbonyl (C=O) groups is 1. The molecule has 0 aromatic carbocycles. The molecule has 0 aliphatic carbocycles. The average Bonchev–Trinajstić information content (AvgIpc) is 3.13. The van der Waals surface area contributed by atoms with Crippen molar-refractivity contribution in [1.82, 2.24) is 15.0 Å². The summed E-state index contributed by atoms with van der Waals surface area (Å²) in [6, 6.07) is 0. The van der Waals surface area contributed by atoms with Gasteiger partial charge >= 0.3 is 0 Å². The maximum atomic E-state index is 12.7. The van der Waals surface area contributed by atoms with Gasteiger partial charge in [-0.2, -0.15) is 0 Å². The predicted octanol–water partition coefficient (Wildman–Crippen LogP) is 0.910. The zero-order chi connectivity index (χ0) is 17.9. The lowest BCUT2D eigenvalue weighted by Gasteiger charge is -2.34. The summed E-state index contributed by atoms with van der Waals surface area (Å²) < 4.78 is 10.8. The Morgan fingerprint density at radius 3 is 2.72 bits per heavy atom. The Morgan fingerprint density at radius 1 is 1.28 bits per heavy atom. The lowest BCUT2D eigenvalue weighted by molar-refractivity contribution is -0.134. The summed E-state index contributed by atoms with van der Waals surface area (Å²) in [4.78, 5) is 16.7. The molecular weight excluding hydrogens is 322 g/mol. The van der Waals surface area contributed by atoms with E-state index in [1.807, 2.05) is 13.8 Å².